The van der Waals surface area contributed by atoms with Gasteiger partial charge in [0, 0.05) is 12.1 Å². The molecule has 3 rings (SSSR count). The van der Waals surface area contributed by atoms with Crippen LogP contribution in [0.2, 0.25) is 0 Å². The summed E-state index contributed by atoms with van der Waals surface area (Å²) in [5.41, 5.74) is 1.99. The average molecular weight is 215 g/mol. The number of carboxylic acids is 1. The number of benzene rings is 1. The maximum absolute atomic E-state index is 10.9. The standard InChI is InChI=1S/C12H9NO3/c14-12(15)10-7-13-6-2-4-8-3-1-5-9(16-10)11(8)13/h1-5,7H,6H2,(H,14,15). The van der Waals surface area contributed by atoms with E-state index in [1.807, 2.05) is 29.2 Å². The van der Waals surface area contributed by atoms with E-state index < -0.39 is 5.97 Å². The molecule has 0 fully saturated rings. The van der Waals surface area contributed by atoms with Gasteiger partial charge in [0.2, 0.25) is 5.76 Å². The zero-order chi connectivity index (χ0) is 11.1. The van der Waals surface area contributed by atoms with Gasteiger partial charge in [-0.05, 0) is 6.07 Å². The monoisotopic (exact) mass is 215 g/mol. The minimum atomic E-state index is -1.05. The van der Waals surface area contributed by atoms with Crippen LogP contribution in [0.25, 0.3) is 6.08 Å². The second kappa shape index (κ2) is 3.13. The number of hydrogen-bond acceptors (Lipinski definition) is 3. The first kappa shape index (κ1) is 9.03. The number of hydrogen-bond donors (Lipinski definition) is 1. The van der Waals surface area contributed by atoms with E-state index in [4.69, 9.17) is 9.84 Å². The van der Waals surface area contributed by atoms with Crippen LogP contribution in [-0.4, -0.2) is 17.6 Å². The van der Waals surface area contributed by atoms with Gasteiger partial charge < -0.3 is 14.7 Å². The predicted molar refractivity (Wildman–Crippen MR) is 59.2 cm³/mol. The molecule has 1 N–H and O–H groups in total. The fraction of sp³-hybridized carbons (Fsp3) is 0.0833. The first-order valence-corrected chi connectivity index (χ1v) is 4.95. The van der Waals surface area contributed by atoms with Gasteiger partial charge in [-0.2, -0.15) is 0 Å². The molecule has 0 atom stereocenters. The van der Waals surface area contributed by atoms with Crippen LogP contribution in [-0.2, 0) is 4.79 Å². The van der Waals surface area contributed by atoms with Crippen molar-refractivity contribution in [2.75, 3.05) is 11.4 Å². The highest BCUT2D eigenvalue weighted by atomic mass is 16.5. The van der Waals surface area contributed by atoms with E-state index in [1.165, 1.54) is 6.20 Å². The third kappa shape index (κ3) is 1.20. The smallest absolute Gasteiger partial charge is 0.373 e. The average Bonchev–Trinajstić information content (AvgIpc) is 2.29. The van der Waals surface area contributed by atoms with Crippen molar-refractivity contribution < 1.29 is 14.6 Å². The number of rotatable bonds is 1. The van der Waals surface area contributed by atoms with Crippen LogP contribution in [0.4, 0.5) is 5.69 Å². The van der Waals surface area contributed by atoms with E-state index in [-0.39, 0.29) is 5.76 Å². The summed E-state index contributed by atoms with van der Waals surface area (Å²) >= 11 is 0. The highest BCUT2D eigenvalue weighted by Crippen LogP contribution is 2.39. The van der Waals surface area contributed by atoms with Crippen LogP contribution >= 0.6 is 0 Å². The minimum Gasteiger partial charge on any atom is -0.475 e. The van der Waals surface area contributed by atoms with Gasteiger partial charge in [-0.1, -0.05) is 24.3 Å². The molecule has 1 aromatic carbocycles. The van der Waals surface area contributed by atoms with Crippen molar-refractivity contribution in [1.82, 2.24) is 0 Å². The fourth-order valence-electron chi connectivity index (χ4n) is 1.95. The second-order valence-corrected chi connectivity index (χ2v) is 3.65. The quantitative estimate of drug-likeness (QED) is 0.776. The zero-order valence-electron chi connectivity index (χ0n) is 8.38. The molecule has 0 spiro atoms. The van der Waals surface area contributed by atoms with E-state index in [1.54, 1.807) is 6.07 Å². The van der Waals surface area contributed by atoms with Gasteiger partial charge >= 0.3 is 5.97 Å². The van der Waals surface area contributed by atoms with Crippen LogP contribution in [0.1, 0.15) is 5.56 Å². The van der Waals surface area contributed by atoms with E-state index in [9.17, 15) is 4.79 Å². The number of ether oxygens (including phenoxy) is 1. The molecule has 4 heteroatoms. The van der Waals surface area contributed by atoms with E-state index in [2.05, 4.69) is 0 Å². The van der Waals surface area contributed by atoms with Gasteiger partial charge in [0.15, 0.2) is 5.75 Å². The number of aliphatic carboxylic acids is 1. The lowest BCUT2D eigenvalue weighted by molar-refractivity contribution is -0.135. The van der Waals surface area contributed by atoms with Crippen LogP contribution < -0.4 is 9.64 Å². The summed E-state index contributed by atoms with van der Waals surface area (Å²) in [5.74, 6) is -0.493. The van der Waals surface area contributed by atoms with Crippen molar-refractivity contribution in [3.8, 4) is 5.75 Å². The number of carboxylic acid groups (broad SMARTS) is 1. The Morgan fingerprint density at radius 3 is 3.12 bits per heavy atom. The molecule has 1 aromatic rings. The molecule has 0 aliphatic carbocycles. The van der Waals surface area contributed by atoms with Crippen molar-refractivity contribution in [1.29, 1.82) is 0 Å². The van der Waals surface area contributed by atoms with Crippen molar-refractivity contribution in [3.63, 3.8) is 0 Å². The molecular weight excluding hydrogens is 206 g/mol. The van der Waals surface area contributed by atoms with E-state index >= 15 is 0 Å². The first-order valence-electron chi connectivity index (χ1n) is 4.95. The summed E-state index contributed by atoms with van der Waals surface area (Å²) in [7, 11) is 0. The van der Waals surface area contributed by atoms with Crippen molar-refractivity contribution in [2.45, 2.75) is 0 Å². The number of carbonyl (C=O) groups is 1. The molecule has 4 nitrogen and oxygen atoms in total. The largest absolute Gasteiger partial charge is 0.475 e. The van der Waals surface area contributed by atoms with Gasteiger partial charge in [-0.15, -0.1) is 0 Å². The maximum Gasteiger partial charge on any atom is 0.373 e. The molecule has 0 radical (unpaired) electrons. The Morgan fingerprint density at radius 2 is 2.31 bits per heavy atom. The Morgan fingerprint density at radius 1 is 1.44 bits per heavy atom. The molecule has 2 heterocycles. The van der Waals surface area contributed by atoms with Crippen LogP contribution in [0.3, 0.4) is 0 Å². The lowest BCUT2D eigenvalue weighted by Gasteiger charge is -2.30. The minimum absolute atomic E-state index is 0.0417. The van der Waals surface area contributed by atoms with E-state index in [0.717, 1.165) is 11.3 Å². The summed E-state index contributed by atoms with van der Waals surface area (Å²) in [6.07, 6.45) is 5.53. The molecule has 0 saturated carbocycles. The SMILES string of the molecule is O=C(O)C1=CN2CC=Cc3cccc(c32)O1. The third-order valence-corrected chi connectivity index (χ3v) is 2.62. The van der Waals surface area contributed by atoms with Crippen molar-refractivity contribution in [3.05, 3.63) is 41.8 Å². The Bertz CT molecular complexity index is 531. The van der Waals surface area contributed by atoms with Crippen molar-refractivity contribution >= 4 is 17.7 Å². The summed E-state index contributed by atoms with van der Waals surface area (Å²) in [4.78, 5) is 12.8. The number of para-hydroxylation sites is 1. The van der Waals surface area contributed by atoms with Gasteiger partial charge in [0.05, 0.1) is 11.9 Å². The van der Waals surface area contributed by atoms with Gasteiger partial charge in [-0.25, -0.2) is 4.79 Å². The van der Waals surface area contributed by atoms with Gasteiger partial charge in [-0.3, -0.25) is 0 Å². The molecule has 0 amide bonds. The number of anilines is 1. The summed E-state index contributed by atoms with van der Waals surface area (Å²) in [6, 6.07) is 5.61. The lowest BCUT2D eigenvalue weighted by atomic mass is 10.1. The third-order valence-electron chi connectivity index (χ3n) is 2.62. The molecule has 2 aliphatic rings. The Hall–Kier alpha value is -2.23. The molecule has 0 unspecified atom stereocenters. The summed E-state index contributed by atoms with van der Waals surface area (Å²) in [6.45, 7) is 0.671. The highest BCUT2D eigenvalue weighted by molar-refractivity contribution is 5.89. The molecule has 2 aliphatic heterocycles. The van der Waals surface area contributed by atoms with Crippen LogP contribution in [0.5, 0.6) is 5.75 Å². The molecule has 0 saturated heterocycles. The Balaban J connectivity index is 2.16. The normalized spacial score (nSPS) is 16.2. The molecule has 80 valence electrons. The second-order valence-electron chi connectivity index (χ2n) is 3.65. The first-order chi connectivity index (χ1) is 7.75. The summed E-state index contributed by atoms with van der Waals surface area (Å²) in [5, 5.41) is 8.93. The zero-order valence-corrected chi connectivity index (χ0v) is 8.38. The van der Waals surface area contributed by atoms with Gasteiger partial charge in [0.1, 0.15) is 0 Å². The van der Waals surface area contributed by atoms with Crippen molar-refractivity contribution in [2.24, 2.45) is 0 Å². The maximum atomic E-state index is 10.9. The Labute approximate surface area is 92.1 Å². The lowest BCUT2D eigenvalue weighted by Crippen LogP contribution is -2.27. The number of nitrogens with zero attached hydrogens (tertiary/aromatic N) is 1. The molecule has 16 heavy (non-hydrogen) atoms. The van der Waals surface area contributed by atoms with Gasteiger partial charge in [0.25, 0.3) is 0 Å². The molecule has 0 aromatic heterocycles. The summed E-state index contributed by atoms with van der Waals surface area (Å²) < 4.78 is 5.33. The fourth-order valence-corrected chi connectivity index (χ4v) is 1.95. The van der Waals surface area contributed by atoms with Crippen LogP contribution in [0.15, 0.2) is 36.2 Å². The van der Waals surface area contributed by atoms with E-state index in [0.29, 0.717) is 12.3 Å². The molecular formula is C12H9NO3. The predicted octanol–water partition coefficient (Wildman–Crippen LogP) is 1.84. The van der Waals surface area contributed by atoms with Crippen LogP contribution in [0, 0.1) is 0 Å². The molecule has 0 bridgehead atoms. The Kier molecular flexibility index (Phi) is 1.77. The highest BCUT2D eigenvalue weighted by Gasteiger charge is 2.25. The topological polar surface area (TPSA) is 49.8 Å².